The molecule has 1 saturated carbocycles. The number of carboxylic acid groups (broad SMARTS) is 1. The van der Waals surface area contributed by atoms with E-state index in [-0.39, 0.29) is 5.92 Å². The van der Waals surface area contributed by atoms with E-state index in [0.29, 0.717) is 5.92 Å². The van der Waals surface area contributed by atoms with Gasteiger partial charge >= 0.3 is 5.97 Å². The Balaban J connectivity index is 2.02. The molecule has 2 atom stereocenters. The summed E-state index contributed by atoms with van der Waals surface area (Å²) < 4.78 is 2.09. The van der Waals surface area contributed by atoms with Crippen molar-refractivity contribution in [3.63, 3.8) is 0 Å². The van der Waals surface area contributed by atoms with E-state index in [9.17, 15) is 4.79 Å². The summed E-state index contributed by atoms with van der Waals surface area (Å²) in [4.78, 5) is 11.1. The Morgan fingerprint density at radius 2 is 1.93 bits per heavy atom. The standard InChI is InChI=1S/C12H17NO2/c14-12(15)11-6-2-1-5-10(11)9-13-7-3-4-8-13/h3-4,7-8,10-11H,1-2,5-6,9H2,(H,14,15). The molecule has 3 nitrogen and oxygen atoms in total. The molecule has 0 bridgehead atoms. The summed E-state index contributed by atoms with van der Waals surface area (Å²) in [5.41, 5.74) is 0. The van der Waals surface area contributed by atoms with Gasteiger partial charge in [0.2, 0.25) is 0 Å². The van der Waals surface area contributed by atoms with Gasteiger partial charge in [-0.05, 0) is 30.9 Å². The highest BCUT2D eigenvalue weighted by molar-refractivity contribution is 5.70. The average molecular weight is 207 g/mol. The average Bonchev–Trinajstić information content (AvgIpc) is 2.71. The van der Waals surface area contributed by atoms with E-state index in [1.165, 1.54) is 6.42 Å². The maximum absolute atomic E-state index is 11.1. The number of nitrogens with zero attached hydrogens (tertiary/aromatic N) is 1. The Bertz CT molecular complexity index is 318. The zero-order chi connectivity index (χ0) is 10.7. The molecule has 1 aromatic rings. The molecule has 82 valence electrons. The lowest BCUT2D eigenvalue weighted by Crippen LogP contribution is -2.29. The highest BCUT2D eigenvalue weighted by atomic mass is 16.4. The van der Waals surface area contributed by atoms with Gasteiger partial charge in [0.05, 0.1) is 5.92 Å². The predicted molar refractivity (Wildman–Crippen MR) is 57.5 cm³/mol. The number of hydrogen-bond donors (Lipinski definition) is 1. The van der Waals surface area contributed by atoms with Gasteiger partial charge in [-0.3, -0.25) is 4.79 Å². The number of aromatic nitrogens is 1. The van der Waals surface area contributed by atoms with Crippen molar-refractivity contribution < 1.29 is 9.90 Å². The molecule has 1 aliphatic carbocycles. The summed E-state index contributed by atoms with van der Waals surface area (Å²) in [6.07, 6.45) is 8.16. The molecule has 1 fully saturated rings. The summed E-state index contributed by atoms with van der Waals surface area (Å²) >= 11 is 0. The van der Waals surface area contributed by atoms with Gasteiger partial charge in [0, 0.05) is 18.9 Å². The van der Waals surface area contributed by atoms with E-state index >= 15 is 0 Å². The van der Waals surface area contributed by atoms with Gasteiger partial charge in [-0.25, -0.2) is 0 Å². The third-order valence-corrected chi connectivity index (χ3v) is 3.34. The molecule has 1 heterocycles. The van der Waals surface area contributed by atoms with Crippen molar-refractivity contribution >= 4 is 5.97 Å². The van der Waals surface area contributed by atoms with Crippen LogP contribution in [0.3, 0.4) is 0 Å². The highest BCUT2D eigenvalue weighted by Gasteiger charge is 2.30. The fourth-order valence-electron chi connectivity index (χ4n) is 2.51. The monoisotopic (exact) mass is 207 g/mol. The molecule has 0 spiro atoms. The second kappa shape index (κ2) is 4.51. The van der Waals surface area contributed by atoms with Gasteiger partial charge in [-0.2, -0.15) is 0 Å². The number of rotatable bonds is 3. The molecule has 1 N–H and O–H groups in total. The first-order chi connectivity index (χ1) is 7.27. The molecule has 1 aliphatic rings. The van der Waals surface area contributed by atoms with Crippen molar-refractivity contribution in [3.05, 3.63) is 24.5 Å². The molecular formula is C12H17NO2. The van der Waals surface area contributed by atoms with E-state index in [2.05, 4.69) is 4.57 Å². The largest absolute Gasteiger partial charge is 0.481 e. The van der Waals surface area contributed by atoms with Crippen LogP contribution in [0.4, 0.5) is 0 Å². The maximum atomic E-state index is 11.1. The van der Waals surface area contributed by atoms with E-state index in [1.807, 2.05) is 24.5 Å². The number of carboxylic acids is 1. The lowest BCUT2D eigenvalue weighted by molar-refractivity contribution is -0.145. The maximum Gasteiger partial charge on any atom is 0.306 e. The lowest BCUT2D eigenvalue weighted by Gasteiger charge is -2.28. The van der Waals surface area contributed by atoms with Crippen LogP contribution in [0.2, 0.25) is 0 Å². The van der Waals surface area contributed by atoms with E-state index in [4.69, 9.17) is 5.11 Å². The van der Waals surface area contributed by atoms with Gasteiger partial charge in [0.15, 0.2) is 0 Å². The van der Waals surface area contributed by atoms with Crippen LogP contribution >= 0.6 is 0 Å². The fourth-order valence-corrected chi connectivity index (χ4v) is 2.51. The third-order valence-electron chi connectivity index (χ3n) is 3.34. The van der Waals surface area contributed by atoms with Gasteiger partial charge in [0.25, 0.3) is 0 Å². The van der Waals surface area contributed by atoms with Gasteiger partial charge < -0.3 is 9.67 Å². The summed E-state index contributed by atoms with van der Waals surface area (Å²) in [5.74, 6) is -0.448. The van der Waals surface area contributed by atoms with Crippen molar-refractivity contribution in [2.24, 2.45) is 11.8 Å². The predicted octanol–water partition coefficient (Wildman–Crippen LogP) is 2.38. The van der Waals surface area contributed by atoms with Gasteiger partial charge in [0.1, 0.15) is 0 Å². The third kappa shape index (κ3) is 2.41. The molecule has 0 radical (unpaired) electrons. The number of aliphatic carboxylic acids is 1. The molecule has 0 aromatic carbocycles. The topological polar surface area (TPSA) is 42.2 Å². The molecule has 2 unspecified atom stereocenters. The molecule has 15 heavy (non-hydrogen) atoms. The van der Waals surface area contributed by atoms with Crippen LogP contribution in [-0.4, -0.2) is 15.6 Å². The Morgan fingerprint density at radius 1 is 1.27 bits per heavy atom. The Morgan fingerprint density at radius 3 is 2.60 bits per heavy atom. The van der Waals surface area contributed by atoms with Crippen molar-refractivity contribution in [3.8, 4) is 0 Å². The second-order valence-electron chi connectivity index (χ2n) is 4.37. The van der Waals surface area contributed by atoms with E-state index in [0.717, 1.165) is 25.8 Å². The fraction of sp³-hybridized carbons (Fsp3) is 0.583. The first-order valence-electron chi connectivity index (χ1n) is 5.61. The Kier molecular flexibility index (Phi) is 3.09. The van der Waals surface area contributed by atoms with Crippen LogP contribution in [0.25, 0.3) is 0 Å². The number of hydrogen-bond acceptors (Lipinski definition) is 1. The van der Waals surface area contributed by atoms with Crippen molar-refractivity contribution in [2.45, 2.75) is 32.2 Å². The lowest BCUT2D eigenvalue weighted by atomic mass is 9.79. The summed E-state index contributed by atoms with van der Waals surface area (Å²) in [6.45, 7) is 0.851. The highest BCUT2D eigenvalue weighted by Crippen LogP contribution is 2.31. The SMILES string of the molecule is O=C(O)C1CCCCC1Cn1cccc1. The smallest absolute Gasteiger partial charge is 0.306 e. The van der Waals surface area contributed by atoms with Crippen LogP contribution in [0.5, 0.6) is 0 Å². The van der Waals surface area contributed by atoms with Crippen LogP contribution in [-0.2, 0) is 11.3 Å². The minimum absolute atomic E-state index is 0.138. The van der Waals surface area contributed by atoms with Crippen LogP contribution in [0, 0.1) is 11.8 Å². The van der Waals surface area contributed by atoms with Gasteiger partial charge in [-0.1, -0.05) is 12.8 Å². The Hall–Kier alpha value is -1.25. The summed E-state index contributed by atoms with van der Waals surface area (Å²) in [7, 11) is 0. The Labute approximate surface area is 89.7 Å². The first-order valence-corrected chi connectivity index (χ1v) is 5.61. The van der Waals surface area contributed by atoms with Crippen molar-refractivity contribution in [1.82, 2.24) is 4.57 Å². The quantitative estimate of drug-likeness (QED) is 0.826. The van der Waals surface area contributed by atoms with Crippen LogP contribution in [0.1, 0.15) is 25.7 Å². The summed E-state index contributed by atoms with van der Waals surface area (Å²) in [6, 6.07) is 3.97. The minimum Gasteiger partial charge on any atom is -0.481 e. The van der Waals surface area contributed by atoms with Crippen LogP contribution in [0.15, 0.2) is 24.5 Å². The van der Waals surface area contributed by atoms with E-state index in [1.54, 1.807) is 0 Å². The normalized spacial score (nSPS) is 26.4. The first kappa shape index (κ1) is 10.3. The molecular weight excluding hydrogens is 190 g/mol. The van der Waals surface area contributed by atoms with Crippen LogP contribution < -0.4 is 0 Å². The molecule has 1 aromatic heterocycles. The molecule has 3 heteroatoms. The van der Waals surface area contributed by atoms with Crippen molar-refractivity contribution in [1.29, 1.82) is 0 Å². The van der Waals surface area contributed by atoms with E-state index < -0.39 is 5.97 Å². The second-order valence-corrected chi connectivity index (χ2v) is 4.37. The van der Waals surface area contributed by atoms with Gasteiger partial charge in [-0.15, -0.1) is 0 Å². The molecule has 0 saturated heterocycles. The summed E-state index contributed by atoms with van der Waals surface area (Å²) in [5, 5.41) is 9.13. The molecule has 0 amide bonds. The molecule has 0 aliphatic heterocycles. The zero-order valence-electron chi connectivity index (χ0n) is 8.80. The zero-order valence-corrected chi connectivity index (χ0v) is 8.80. The molecule has 2 rings (SSSR count). The van der Waals surface area contributed by atoms with Crippen molar-refractivity contribution in [2.75, 3.05) is 0 Å². The minimum atomic E-state index is -0.619. The number of carbonyl (C=O) groups is 1.